The van der Waals surface area contributed by atoms with Gasteiger partial charge in [0.2, 0.25) is 0 Å². The first-order valence-electron chi connectivity index (χ1n) is 4.86. The van der Waals surface area contributed by atoms with Gasteiger partial charge in [0.1, 0.15) is 5.82 Å². The normalized spacial score (nSPS) is 9.47. The van der Waals surface area contributed by atoms with Crippen molar-refractivity contribution in [3.8, 4) is 0 Å². The maximum Gasteiger partial charge on any atom is 0.164 e. The summed E-state index contributed by atoms with van der Waals surface area (Å²) in [6, 6.07) is 1.43. The van der Waals surface area contributed by atoms with E-state index < -0.39 is 17.5 Å². The molecule has 0 aliphatic rings. The molecule has 0 atom stereocenters. The van der Waals surface area contributed by atoms with Crippen LogP contribution in [0.25, 0.3) is 0 Å². The van der Waals surface area contributed by atoms with E-state index >= 15 is 0 Å². The first-order valence-corrected chi connectivity index (χ1v) is 4.86. The van der Waals surface area contributed by atoms with Gasteiger partial charge >= 0.3 is 0 Å². The molecular weight excluding hydrogens is 205 g/mol. The molecule has 0 N–H and O–H groups in total. The monoisotopic (exact) mass is 220 g/mol. The lowest BCUT2D eigenvalue weighted by atomic mass is 10.2. The third kappa shape index (κ3) is 4.34. The number of hydrogen-bond donors (Lipinski definition) is 0. The van der Waals surface area contributed by atoms with Crippen LogP contribution in [0.4, 0.5) is 13.2 Å². The molecule has 0 saturated carbocycles. The van der Waals surface area contributed by atoms with E-state index in [1.807, 2.05) is 13.8 Å². The number of rotatable bonds is 3. The quantitative estimate of drug-likeness (QED) is 0.706. The molecule has 0 aliphatic heterocycles. The number of benzene rings is 1. The average Bonchev–Trinajstić information content (AvgIpc) is 2.24. The van der Waals surface area contributed by atoms with E-state index in [1.165, 1.54) is 0 Å². The second kappa shape index (κ2) is 7.29. The van der Waals surface area contributed by atoms with E-state index in [1.54, 1.807) is 6.92 Å². The highest BCUT2D eigenvalue weighted by Gasteiger charge is 2.10. The van der Waals surface area contributed by atoms with Crippen LogP contribution in [0.3, 0.4) is 0 Å². The van der Waals surface area contributed by atoms with Crippen molar-refractivity contribution < 1.29 is 17.9 Å². The first kappa shape index (κ1) is 14.0. The van der Waals surface area contributed by atoms with E-state index in [-0.39, 0.29) is 12.2 Å². The molecule has 0 heterocycles. The molecule has 0 bridgehead atoms. The second-order valence-corrected chi connectivity index (χ2v) is 2.50. The fraction of sp³-hybridized carbons (Fsp3) is 0.455. The van der Waals surface area contributed by atoms with Gasteiger partial charge in [0.25, 0.3) is 0 Å². The van der Waals surface area contributed by atoms with Crippen molar-refractivity contribution in [1.82, 2.24) is 0 Å². The van der Waals surface area contributed by atoms with Gasteiger partial charge in [-0.1, -0.05) is 13.8 Å². The molecule has 0 saturated heterocycles. The summed E-state index contributed by atoms with van der Waals surface area (Å²) in [5.41, 5.74) is -0.0978. The van der Waals surface area contributed by atoms with Crippen molar-refractivity contribution in [2.75, 3.05) is 6.61 Å². The first-order chi connectivity index (χ1) is 7.15. The van der Waals surface area contributed by atoms with E-state index in [2.05, 4.69) is 0 Å². The Bertz CT molecular complexity index is 300. The van der Waals surface area contributed by atoms with Gasteiger partial charge < -0.3 is 4.74 Å². The van der Waals surface area contributed by atoms with Gasteiger partial charge in [-0.15, -0.1) is 0 Å². The van der Waals surface area contributed by atoms with E-state index in [9.17, 15) is 13.2 Å². The predicted molar refractivity (Wildman–Crippen MR) is 53.0 cm³/mol. The molecule has 0 amide bonds. The average molecular weight is 220 g/mol. The molecule has 15 heavy (non-hydrogen) atoms. The number of halogens is 3. The number of hydrogen-bond acceptors (Lipinski definition) is 1. The third-order valence-corrected chi connectivity index (χ3v) is 1.53. The highest BCUT2D eigenvalue weighted by Crippen LogP contribution is 2.14. The van der Waals surface area contributed by atoms with Crippen LogP contribution in [-0.4, -0.2) is 6.61 Å². The molecule has 1 rings (SSSR count). The van der Waals surface area contributed by atoms with Gasteiger partial charge in [-0.2, -0.15) is 0 Å². The Morgan fingerprint density at radius 2 is 1.73 bits per heavy atom. The Morgan fingerprint density at radius 3 is 2.27 bits per heavy atom. The lowest BCUT2D eigenvalue weighted by Gasteiger charge is -2.03. The van der Waals surface area contributed by atoms with Crippen molar-refractivity contribution in [3.05, 3.63) is 35.1 Å². The van der Waals surface area contributed by atoms with Crippen LogP contribution >= 0.6 is 0 Å². The third-order valence-electron chi connectivity index (χ3n) is 1.53. The van der Waals surface area contributed by atoms with E-state index in [4.69, 9.17) is 4.74 Å². The molecule has 4 heteroatoms. The highest BCUT2D eigenvalue weighted by molar-refractivity contribution is 5.19. The molecule has 0 aliphatic carbocycles. The number of ether oxygens (including phenoxy) is 1. The van der Waals surface area contributed by atoms with E-state index in [0.29, 0.717) is 12.7 Å². The van der Waals surface area contributed by atoms with Crippen molar-refractivity contribution in [2.24, 2.45) is 0 Å². The van der Waals surface area contributed by atoms with Crippen LogP contribution in [-0.2, 0) is 11.3 Å². The van der Waals surface area contributed by atoms with Crippen LogP contribution < -0.4 is 0 Å². The minimum absolute atomic E-state index is 0.0978. The summed E-state index contributed by atoms with van der Waals surface area (Å²) >= 11 is 0. The second-order valence-electron chi connectivity index (χ2n) is 2.50. The molecule has 86 valence electrons. The Kier molecular flexibility index (Phi) is 6.79. The zero-order chi connectivity index (χ0) is 11.8. The lowest BCUT2D eigenvalue weighted by Crippen LogP contribution is -1.99. The maximum absolute atomic E-state index is 12.9. The van der Waals surface area contributed by atoms with Gasteiger partial charge in [0.05, 0.1) is 6.61 Å². The topological polar surface area (TPSA) is 9.23 Å². The highest BCUT2D eigenvalue weighted by atomic mass is 19.2. The van der Waals surface area contributed by atoms with Crippen LogP contribution in [0.2, 0.25) is 0 Å². The van der Waals surface area contributed by atoms with E-state index in [0.717, 1.165) is 6.07 Å². The Morgan fingerprint density at radius 1 is 1.13 bits per heavy atom. The van der Waals surface area contributed by atoms with Crippen LogP contribution in [0.5, 0.6) is 0 Å². The molecular formula is C11H15F3O. The van der Waals surface area contributed by atoms with Gasteiger partial charge in [-0.25, -0.2) is 13.2 Å². The SMILES string of the molecule is CC.CCOCc1cc(F)cc(F)c1F. The summed E-state index contributed by atoms with van der Waals surface area (Å²) in [4.78, 5) is 0. The smallest absolute Gasteiger partial charge is 0.164 e. The van der Waals surface area contributed by atoms with Crippen molar-refractivity contribution in [2.45, 2.75) is 27.4 Å². The van der Waals surface area contributed by atoms with Crippen LogP contribution in [0.15, 0.2) is 12.1 Å². The molecule has 0 aromatic heterocycles. The summed E-state index contributed by atoms with van der Waals surface area (Å²) in [6.07, 6.45) is 0. The minimum atomic E-state index is -1.19. The molecule has 0 fully saturated rings. The van der Waals surface area contributed by atoms with Crippen molar-refractivity contribution in [3.63, 3.8) is 0 Å². The summed E-state index contributed by atoms with van der Waals surface area (Å²) in [5.74, 6) is -3.03. The largest absolute Gasteiger partial charge is 0.377 e. The Labute approximate surface area is 87.9 Å². The summed E-state index contributed by atoms with van der Waals surface area (Å²) < 4.78 is 42.9. The van der Waals surface area contributed by atoms with Gasteiger partial charge in [0.15, 0.2) is 11.6 Å². The van der Waals surface area contributed by atoms with Crippen molar-refractivity contribution in [1.29, 1.82) is 0 Å². The molecule has 0 radical (unpaired) electrons. The molecule has 1 nitrogen and oxygen atoms in total. The van der Waals surface area contributed by atoms with Gasteiger partial charge in [-0.05, 0) is 13.0 Å². The summed E-state index contributed by atoms with van der Waals surface area (Å²) in [6.45, 7) is 5.97. The summed E-state index contributed by atoms with van der Waals surface area (Å²) in [5, 5.41) is 0. The van der Waals surface area contributed by atoms with Crippen LogP contribution in [0.1, 0.15) is 26.3 Å². The zero-order valence-corrected chi connectivity index (χ0v) is 9.11. The van der Waals surface area contributed by atoms with Crippen molar-refractivity contribution >= 4 is 0 Å². The molecule has 0 spiro atoms. The fourth-order valence-electron chi connectivity index (χ4n) is 0.926. The Hall–Kier alpha value is -1.03. The maximum atomic E-state index is 12.9. The molecule has 1 aromatic carbocycles. The fourth-order valence-corrected chi connectivity index (χ4v) is 0.926. The lowest BCUT2D eigenvalue weighted by molar-refractivity contribution is 0.130. The molecule has 0 unspecified atom stereocenters. The zero-order valence-electron chi connectivity index (χ0n) is 9.11. The predicted octanol–water partition coefficient (Wildman–Crippen LogP) is 3.67. The standard InChI is InChI=1S/C9H9F3O.C2H6/c1-2-13-5-6-3-7(10)4-8(11)9(6)12;1-2/h3-4H,2,5H2,1H3;1-2H3. The molecule has 1 aromatic rings. The van der Waals surface area contributed by atoms with Gasteiger partial charge in [-0.3, -0.25) is 0 Å². The summed E-state index contributed by atoms with van der Waals surface area (Å²) in [7, 11) is 0. The minimum Gasteiger partial charge on any atom is -0.377 e. The van der Waals surface area contributed by atoms with Gasteiger partial charge in [0, 0.05) is 18.2 Å². The Balaban J connectivity index is 0.000000921. The van der Waals surface area contributed by atoms with Crippen LogP contribution in [0, 0.1) is 17.5 Å².